The van der Waals surface area contributed by atoms with Crippen LogP contribution in [0.1, 0.15) is 44.7 Å². The Labute approximate surface area is 175 Å². The minimum atomic E-state index is -3.47. The highest BCUT2D eigenvalue weighted by Gasteiger charge is 2.25. The van der Waals surface area contributed by atoms with E-state index in [2.05, 4.69) is 54.7 Å². The first-order valence-corrected chi connectivity index (χ1v) is 11.1. The molecule has 1 aliphatic heterocycles. The number of piperidine rings is 1. The summed E-state index contributed by atoms with van der Waals surface area (Å²) >= 11 is 0. The Hall–Kier alpha value is -1.40. The number of rotatable bonds is 5. The van der Waals surface area contributed by atoms with Crippen LogP contribution in [0, 0.1) is 0 Å². The van der Waals surface area contributed by atoms with Gasteiger partial charge < -0.3 is 0 Å². The van der Waals surface area contributed by atoms with Gasteiger partial charge in [-0.1, -0.05) is 63.2 Å². The van der Waals surface area contributed by atoms with E-state index in [-0.39, 0.29) is 23.9 Å². The summed E-state index contributed by atoms with van der Waals surface area (Å²) in [5.41, 5.74) is 2.45. The first-order chi connectivity index (χ1) is 12.7. The van der Waals surface area contributed by atoms with Crippen LogP contribution in [0.3, 0.4) is 0 Å². The van der Waals surface area contributed by atoms with Crippen LogP contribution in [0.4, 0.5) is 0 Å². The van der Waals surface area contributed by atoms with E-state index >= 15 is 0 Å². The molecule has 1 N–H and O–H groups in total. The predicted molar refractivity (Wildman–Crippen MR) is 117 cm³/mol. The molecule has 2 aromatic carbocycles. The molecule has 1 fully saturated rings. The van der Waals surface area contributed by atoms with Crippen molar-refractivity contribution in [2.45, 2.75) is 56.5 Å². The van der Waals surface area contributed by atoms with Gasteiger partial charge in [0.1, 0.15) is 0 Å². The first-order valence-electron chi connectivity index (χ1n) is 9.63. The summed E-state index contributed by atoms with van der Waals surface area (Å²) in [6.45, 7) is 9.11. The highest BCUT2D eigenvalue weighted by molar-refractivity contribution is 7.89. The molecule has 28 heavy (non-hydrogen) atoms. The van der Waals surface area contributed by atoms with E-state index in [1.54, 1.807) is 12.1 Å². The second kappa shape index (κ2) is 9.40. The number of nitrogens with zero attached hydrogens (tertiary/aromatic N) is 1. The number of hydrogen-bond donors (Lipinski definition) is 1. The maximum atomic E-state index is 12.7. The largest absolute Gasteiger partial charge is 0.299 e. The lowest BCUT2D eigenvalue weighted by atomic mass is 9.87. The summed E-state index contributed by atoms with van der Waals surface area (Å²) in [4.78, 5) is 2.74. The fourth-order valence-electron chi connectivity index (χ4n) is 3.47. The maximum Gasteiger partial charge on any atom is 0.240 e. The van der Waals surface area contributed by atoms with Gasteiger partial charge in [0.15, 0.2) is 0 Å². The van der Waals surface area contributed by atoms with E-state index in [0.717, 1.165) is 38.0 Å². The quantitative estimate of drug-likeness (QED) is 0.779. The van der Waals surface area contributed by atoms with E-state index in [0.29, 0.717) is 4.90 Å². The van der Waals surface area contributed by atoms with Crippen LogP contribution in [0.15, 0.2) is 59.5 Å². The van der Waals surface area contributed by atoms with Crippen LogP contribution in [-0.4, -0.2) is 32.4 Å². The molecular formula is C22H31ClN2O2S. The summed E-state index contributed by atoms with van der Waals surface area (Å²) in [6, 6.07) is 17.7. The summed E-state index contributed by atoms with van der Waals surface area (Å²) in [6.07, 6.45) is 1.68. The normalized spacial score (nSPS) is 16.5. The highest BCUT2D eigenvalue weighted by Crippen LogP contribution is 2.24. The number of likely N-dealkylation sites (tertiary alicyclic amines) is 1. The highest BCUT2D eigenvalue weighted by atomic mass is 35.5. The second-order valence-corrected chi connectivity index (χ2v) is 10.1. The molecule has 0 bridgehead atoms. The van der Waals surface area contributed by atoms with E-state index in [4.69, 9.17) is 0 Å². The third-order valence-electron chi connectivity index (χ3n) is 5.19. The van der Waals surface area contributed by atoms with Crippen LogP contribution >= 0.6 is 12.4 Å². The Bertz CT molecular complexity index is 838. The molecular weight excluding hydrogens is 392 g/mol. The fourth-order valence-corrected chi connectivity index (χ4v) is 4.78. The molecule has 3 rings (SSSR count). The van der Waals surface area contributed by atoms with Gasteiger partial charge in [-0.3, -0.25) is 4.90 Å². The molecule has 4 nitrogen and oxygen atoms in total. The molecule has 1 saturated heterocycles. The third-order valence-corrected chi connectivity index (χ3v) is 6.73. The van der Waals surface area contributed by atoms with Gasteiger partial charge >= 0.3 is 0 Å². The molecule has 6 heteroatoms. The molecule has 0 aromatic heterocycles. The van der Waals surface area contributed by atoms with Crippen molar-refractivity contribution in [1.29, 1.82) is 0 Å². The number of benzene rings is 2. The molecule has 0 atom stereocenters. The van der Waals surface area contributed by atoms with Crippen molar-refractivity contribution < 1.29 is 8.42 Å². The van der Waals surface area contributed by atoms with Crippen molar-refractivity contribution in [2.75, 3.05) is 13.1 Å². The Balaban J connectivity index is 0.00000280. The van der Waals surface area contributed by atoms with Crippen LogP contribution in [-0.2, 0) is 22.0 Å². The molecule has 0 spiro atoms. The van der Waals surface area contributed by atoms with Gasteiger partial charge in [-0.05, 0) is 41.5 Å². The van der Waals surface area contributed by atoms with Gasteiger partial charge in [0.05, 0.1) is 4.90 Å². The molecule has 0 aliphatic carbocycles. The zero-order valence-corrected chi connectivity index (χ0v) is 18.5. The minimum absolute atomic E-state index is 0. The lowest BCUT2D eigenvalue weighted by Crippen LogP contribution is -2.44. The number of halogens is 1. The van der Waals surface area contributed by atoms with Crippen LogP contribution in [0.5, 0.6) is 0 Å². The van der Waals surface area contributed by atoms with Crippen LogP contribution in [0.2, 0.25) is 0 Å². The van der Waals surface area contributed by atoms with Gasteiger partial charge in [0, 0.05) is 25.7 Å². The minimum Gasteiger partial charge on any atom is -0.299 e. The number of sulfonamides is 1. The topological polar surface area (TPSA) is 49.4 Å². The van der Waals surface area contributed by atoms with Crippen molar-refractivity contribution in [3.05, 3.63) is 65.7 Å². The monoisotopic (exact) mass is 422 g/mol. The molecule has 1 heterocycles. The smallest absolute Gasteiger partial charge is 0.240 e. The third kappa shape index (κ3) is 6.05. The SMILES string of the molecule is CC(C)(C)c1ccc(S(=O)(=O)NC2CCN(Cc3ccccc3)CC2)cc1.Cl. The molecule has 154 valence electrons. The lowest BCUT2D eigenvalue weighted by Gasteiger charge is -2.32. The number of hydrogen-bond acceptors (Lipinski definition) is 3. The van der Waals surface area contributed by atoms with Crippen molar-refractivity contribution in [2.24, 2.45) is 0 Å². The van der Waals surface area contributed by atoms with Gasteiger partial charge in [0.2, 0.25) is 10.0 Å². The van der Waals surface area contributed by atoms with E-state index in [1.165, 1.54) is 5.56 Å². The molecule has 0 saturated carbocycles. The van der Waals surface area contributed by atoms with Gasteiger partial charge in [-0.15, -0.1) is 12.4 Å². The molecule has 2 aromatic rings. The predicted octanol–water partition coefficient (Wildman–Crippen LogP) is 4.35. The van der Waals surface area contributed by atoms with Crippen molar-refractivity contribution >= 4 is 22.4 Å². The second-order valence-electron chi connectivity index (χ2n) is 8.43. The van der Waals surface area contributed by atoms with Crippen LogP contribution in [0.25, 0.3) is 0 Å². The zero-order chi connectivity index (χ0) is 19.5. The Morgan fingerprint density at radius 2 is 1.54 bits per heavy atom. The van der Waals surface area contributed by atoms with Gasteiger partial charge in [-0.2, -0.15) is 0 Å². The van der Waals surface area contributed by atoms with E-state index < -0.39 is 10.0 Å². The van der Waals surface area contributed by atoms with Crippen molar-refractivity contribution in [3.63, 3.8) is 0 Å². The van der Waals surface area contributed by atoms with E-state index in [1.807, 2.05) is 18.2 Å². The van der Waals surface area contributed by atoms with Crippen molar-refractivity contribution in [3.8, 4) is 0 Å². The summed E-state index contributed by atoms with van der Waals surface area (Å²) in [7, 11) is -3.47. The Kier molecular flexibility index (Phi) is 7.68. The molecule has 1 aliphatic rings. The van der Waals surface area contributed by atoms with Gasteiger partial charge in [0.25, 0.3) is 0 Å². The molecule has 0 unspecified atom stereocenters. The zero-order valence-electron chi connectivity index (χ0n) is 16.9. The average Bonchev–Trinajstić information content (AvgIpc) is 2.63. The Morgan fingerprint density at radius 3 is 2.07 bits per heavy atom. The van der Waals surface area contributed by atoms with Crippen molar-refractivity contribution in [1.82, 2.24) is 9.62 Å². The summed E-state index contributed by atoms with van der Waals surface area (Å²) < 4.78 is 28.3. The molecule has 0 amide bonds. The fraction of sp³-hybridized carbons (Fsp3) is 0.455. The van der Waals surface area contributed by atoms with Crippen LogP contribution < -0.4 is 4.72 Å². The average molecular weight is 423 g/mol. The lowest BCUT2D eigenvalue weighted by molar-refractivity contribution is 0.200. The Morgan fingerprint density at radius 1 is 0.964 bits per heavy atom. The van der Waals surface area contributed by atoms with Gasteiger partial charge in [-0.25, -0.2) is 13.1 Å². The number of nitrogens with one attached hydrogen (secondary N) is 1. The summed E-state index contributed by atoms with van der Waals surface area (Å²) in [5, 5.41) is 0. The molecule has 0 radical (unpaired) electrons. The summed E-state index contributed by atoms with van der Waals surface area (Å²) in [5.74, 6) is 0. The maximum absolute atomic E-state index is 12.7. The first kappa shape index (κ1) is 22.9. The standard InChI is InChI=1S/C22H30N2O2S.ClH/c1-22(2,3)19-9-11-21(12-10-19)27(25,26)23-20-13-15-24(16-14-20)17-18-7-5-4-6-8-18;/h4-12,20,23H,13-17H2,1-3H3;1H. The van der Waals surface area contributed by atoms with E-state index in [9.17, 15) is 8.42 Å².